The summed E-state index contributed by atoms with van der Waals surface area (Å²) in [5.41, 5.74) is 1.27. The smallest absolute Gasteiger partial charge is 0.329 e. The molecule has 0 aromatic rings. The molecule has 0 radical (unpaired) electrons. The maximum atomic E-state index is 14.4. The van der Waals surface area contributed by atoms with Crippen LogP contribution in [0.25, 0.3) is 0 Å². The van der Waals surface area contributed by atoms with Crippen molar-refractivity contribution in [3.8, 4) is 0 Å². The Balaban J connectivity index is 1.70. The Labute approximate surface area is 387 Å². The molecule has 4 rings (SSSR count). The van der Waals surface area contributed by atoms with Gasteiger partial charge in [0.05, 0.1) is 24.4 Å². The predicted octanol–water partition coefficient (Wildman–Crippen LogP) is 6.18. The van der Waals surface area contributed by atoms with Gasteiger partial charge in [-0.15, -0.1) is 0 Å². The third kappa shape index (κ3) is 14.3. The molecule has 3 N–H and O–H groups in total. The topological polar surface area (TPSA) is 195 Å². The minimum atomic E-state index is -2.43. The van der Waals surface area contributed by atoms with Gasteiger partial charge in [-0.1, -0.05) is 71.1 Å². The highest BCUT2D eigenvalue weighted by molar-refractivity contribution is 6.39. The molecular formula is C51H79NO13. The number of carbonyl (C=O) groups is 5. The molecule has 2 bridgehead atoms. The van der Waals surface area contributed by atoms with Crippen LogP contribution in [0.3, 0.4) is 0 Å². The highest BCUT2D eigenvalue weighted by atomic mass is 16.6. The van der Waals surface area contributed by atoms with E-state index in [1.165, 1.54) is 12.0 Å². The SMILES string of the molecule is CO[C@H]1C[C@@H]2CC[C@@H](C)[C@@](O)(O2)C(=O)C(=O)N2CCCC[C@H]2C(=O)OC([C@H](C)C[C@@H]2CC[C@@H](O)[C@H](OC)C2)CC(=O)[C@H](C)/C=C(\C)[C@@H](O)[C@@H](OC)C(=O)[C@H](C)C[C@@H](C)/C=C\C=CC=C1C. The summed E-state index contributed by atoms with van der Waals surface area (Å²) in [4.78, 5) is 71.8. The van der Waals surface area contributed by atoms with Crippen LogP contribution in [0, 0.1) is 35.5 Å². The van der Waals surface area contributed by atoms with Gasteiger partial charge in [-0.05, 0) is 107 Å². The van der Waals surface area contributed by atoms with Crippen molar-refractivity contribution in [2.75, 3.05) is 27.9 Å². The van der Waals surface area contributed by atoms with E-state index < -0.39 is 83.9 Å². The molecule has 15 atom stereocenters. The van der Waals surface area contributed by atoms with Gasteiger partial charge in [0, 0.05) is 58.5 Å². The van der Waals surface area contributed by atoms with Gasteiger partial charge in [0.25, 0.3) is 11.7 Å². The molecule has 1 amide bonds. The van der Waals surface area contributed by atoms with Crippen molar-refractivity contribution in [3.63, 3.8) is 0 Å². The summed E-state index contributed by atoms with van der Waals surface area (Å²) in [6.45, 7) is 12.7. The van der Waals surface area contributed by atoms with Crippen molar-refractivity contribution >= 4 is 29.2 Å². The number of esters is 1. The Bertz CT molecular complexity index is 1760. The molecule has 0 aromatic heterocycles. The molecule has 1 unspecified atom stereocenters. The van der Waals surface area contributed by atoms with Gasteiger partial charge in [0.15, 0.2) is 5.78 Å². The van der Waals surface area contributed by atoms with E-state index in [4.69, 9.17) is 23.7 Å². The zero-order valence-electron chi connectivity index (χ0n) is 40.6. The number of hydrogen-bond donors (Lipinski definition) is 3. The number of ketones is 3. The first-order valence-corrected chi connectivity index (χ1v) is 23.9. The third-order valence-corrected chi connectivity index (χ3v) is 14.5. The van der Waals surface area contributed by atoms with Gasteiger partial charge >= 0.3 is 5.97 Å². The van der Waals surface area contributed by atoms with E-state index in [2.05, 4.69) is 0 Å². The van der Waals surface area contributed by atoms with Crippen molar-refractivity contribution in [3.05, 3.63) is 47.6 Å². The second-order valence-corrected chi connectivity index (χ2v) is 19.6. The molecule has 65 heavy (non-hydrogen) atoms. The van der Waals surface area contributed by atoms with E-state index in [0.29, 0.717) is 63.4 Å². The lowest BCUT2D eigenvalue weighted by molar-refractivity contribution is -0.265. The standard InChI is InChI=1S/C51H79NO13/c1-30-16-12-11-13-17-31(2)42(61-8)28-38-21-19-36(7)51(60,65-38)48(57)49(58)52-23-15-14-18-39(52)50(59)64-43(33(4)26-37-20-22-40(53)44(27-37)62-9)29-41(54)32(3)25-35(6)46(56)47(63-10)45(55)34(5)24-30/h11-13,16-17,25,30,32-34,36-40,42-44,46-47,53,56,60H,14-15,18-24,26-29H2,1-10H3/b13-11?,16-12-,31-17?,35-25+/t30-,32+,33+,34+,36+,37-,38-,39-,40+,42-,43?,44+,46+,47-,51+/m0/s1. The first-order valence-electron chi connectivity index (χ1n) is 23.9. The number of ether oxygens (including phenoxy) is 5. The highest BCUT2D eigenvalue weighted by Gasteiger charge is 2.53. The molecule has 3 aliphatic heterocycles. The fourth-order valence-electron chi connectivity index (χ4n) is 10.1. The van der Waals surface area contributed by atoms with Crippen LogP contribution in [0.2, 0.25) is 0 Å². The van der Waals surface area contributed by atoms with E-state index in [9.17, 15) is 39.3 Å². The van der Waals surface area contributed by atoms with Crippen LogP contribution in [0.15, 0.2) is 47.6 Å². The predicted molar refractivity (Wildman–Crippen MR) is 245 cm³/mol. The summed E-state index contributed by atoms with van der Waals surface area (Å²) in [7, 11) is 4.52. The second kappa shape index (κ2) is 25.1. The number of rotatable bonds is 6. The lowest BCUT2D eigenvalue weighted by atomic mass is 9.78. The van der Waals surface area contributed by atoms with Crippen LogP contribution in [0.1, 0.15) is 126 Å². The number of Topliss-reactive ketones (excluding diaryl/α,β-unsaturated/α-hetero) is 3. The summed E-state index contributed by atoms with van der Waals surface area (Å²) in [5, 5.41) is 33.8. The van der Waals surface area contributed by atoms with Gasteiger partial charge in [-0.2, -0.15) is 0 Å². The van der Waals surface area contributed by atoms with Crippen molar-refractivity contribution < 1.29 is 63.0 Å². The van der Waals surface area contributed by atoms with Crippen molar-refractivity contribution in [1.82, 2.24) is 4.90 Å². The summed E-state index contributed by atoms with van der Waals surface area (Å²) in [6.07, 6.45) is 11.2. The molecule has 0 aromatic carbocycles. The summed E-state index contributed by atoms with van der Waals surface area (Å²) >= 11 is 0. The third-order valence-electron chi connectivity index (χ3n) is 14.5. The highest BCUT2D eigenvalue weighted by Crippen LogP contribution is 2.38. The summed E-state index contributed by atoms with van der Waals surface area (Å²) < 4.78 is 29.4. The number of aliphatic hydroxyl groups excluding tert-OH is 2. The van der Waals surface area contributed by atoms with Gasteiger partial charge in [-0.3, -0.25) is 19.2 Å². The maximum Gasteiger partial charge on any atom is 0.329 e. The molecule has 366 valence electrons. The second-order valence-electron chi connectivity index (χ2n) is 19.6. The molecule has 0 spiro atoms. The minimum absolute atomic E-state index is 0.0193. The van der Waals surface area contributed by atoms with E-state index in [1.807, 2.05) is 58.1 Å². The molecule has 4 aliphatic rings. The van der Waals surface area contributed by atoms with Crippen LogP contribution in [-0.4, -0.2) is 132 Å². The minimum Gasteiger partial charge on any atom is -0.460 e. The Morgan fingerprint density at radius 2 is 1.57 bits per heavy atom. The number of nitrogens with zero attached hydrogens (tertiary/aromatic N) is 1. The molecule has 1 aliphatic carbocycles. The van der Waals surface area contributed by atoms with Crippen molar-refractivity contribution in [2.24, 2.45) is 35.5 Å². The fraction of sp³-hybridized carbons (Fsp3) is 0.745. The van der Waals surface area contributed by atoms with Crippen LogP contribution in [0.4, 0.5) is 0 Å². The molecule has 3 fully saturated rings. The van der Waals surface area contributed by atoms with Crippen LogP contribution in [0.5, 0.6) is 0 Å². The van der Waals surface area contributed by atoms with Crippen LogP contribution < -0.4 is 0 Å². The number of methoxy groups -OCH3 is 3. The Hall–Kier alpha value is -3.37. The first-order chi connectivity index (χ1) is 30.7. The lowest BCUT2D eigenvalue weighted by Crippen LogP contribution is -2.61. The normalized spacial score (nSPS) is 39.1. The zero-order chi connectivity index (χ0) is 48.2. The number of hydrogen-bond acceptors (Lipinski definition) is 13. The number of allylic oxidation sites excluding steroid dienone is 6. The summed E-state index contributed by atoms with van der Waals surface area (Å²) in [5.74, 6) is -7.96. The maximum absolute atomic E-state index is 14.4. The van der Waals surface area contributed by atoms with Crippen LogP contribution in [-0.2, 0) is 47.7 Å². The first kappa shape index (κ1) is 54.2. The van der Waals surface area contributed by atoms with Gasteiger partial charge in [0.2, 0.25) is 5.79 Å². The number of fused-ring (bicyclic) bond motifs is 3. The van der Waals surface area contributed by atoms with E-state index in [-0.39, 0.29) is 54.8 Å². The monoisotopic (exact) mass is 914 g/mol. The number of amides is 1. The van der Waals surface area contributed by atoms with Gasteiger partial charge in [-0.25, -0.2) is 4.79 Å². The number of aliphatic hydroxyl groups is 3. The molecule has 14 heteroatoms. The Kier molecular flexibility index (Phi) is 21.0. The Morgan fingerprint density at radius 1 is 0.846 bits per heavy atom. The molecule has 2 saturated heterocycles. The average Bonchev–Trinajstić information content (AvgIpc) is 3.28. The molecule has 14 nitrogen and oxygen atoms in total. The Morgan fingerprint density at radius 3 is 2.25 bits per heavy atom. The zero-order valence-corrected chi connectivity index (χ0v) is 40.6. The average molecular weight is 914 g/mol. The van der Waals surface area contributed by atoms with Crippen molar-refractivity contribution in [1.29, 1.82) is 0 Å². The quantitative estimate of drug-likeness (QED) is 0.156. The number of carbonyl (C=O) groups excluding carboxylic acids is 5. The molecular weight excluding hydrogens is 835 g/mol. The number of piperidine rings is 1. The van der Waals surface area contributed by atoms with Crippen LogP contribution >= 0.6 is 0 Å². The lowest BCUT2D eigenvalue weighted by Gasteiger charge is -2.42. The van der Waals surface area contributed by atoms with E-state index in [0.717, 1.165) is 12.0 Å². The van der Waals surface area contributed by atoms with Gasteiger partial charge < -0.3 is 43.9 Å². The largest absolute Gasteiger partial charge is 0.460 e. The van der Waals surface area contributed by atoms with E-state index in [1.54, 1.807) is 41.1 Å². The number of cyclic esters (lactones) is 1. The molecule has 1 saturated carbocycles. The van der Waals surface area contributed by atoms with Gasteiger partial charge in [0.1, 0.15) is 30.1 Å². The summed E-state index contributed by atoms with van der Waals surface area (Å²) in [6, 6.07) is -1.14. The molecule has 3 heterocycles. The van der Waals surface area contributed by atoms with Crippen molar-refractivity contribution in [2.45, 2.75) is 180 Å². The fourth-order valence-corrected chi connectivity index (χ4v) is 10.1. The van der Waals surface area contributed by atoms with E-state index >= 15 is 0 Å².